The molecule has 1 aliphatic carbocycles. The molecule has 0 heterocycles. The van der Waals surface area contributed by atoms with Gasteiger partial charge in [-0.1, -0.05) is 68.5 Å². The van der Waals surface area contributed by atoms with Gasteiger partial charge in [0.25, 0.3) is 0 Å². The van der Waals surface area contributed by atoms with E-state index in [1.165, 1.54) is 56.1 Å². The minimum atomic E-state index is 0.322. The van der Waals surface area contributed by atoms with Crippen LogP contribution in [0.3, 0.4) is 0 Å². The summed E-state index contributed by atoms with van der Waals surface area (Å²) < 4.78 is 0. The zero-order chi connectivity index (χ0) is 14.5. The van der Waals surface area contributed by atoms with Gasteiger partial charge in [-0.05, 0) is 47.6 Å². The van der Waals surface area contributed by atoms with Gasteiger partial charge in [-0.15, -0.1) is 0 Å². The number of benzene rings is 2. The van der Waals surface area contributed by atoms with E-state index in [0.717, 1.165) is 11.5 Å². The van der Waals surface area contributed by atoms with Crippen LogP contribution < -0.4 is 0 Å². The molecule has 110 valence electrons. The van der Waals surface area contributed by atoms with Gasteiger partial charge in [-0.3, -0.25) is 0 Å². The molecule has 2 aromatic carbocycles. The molecule has 0 saturated heterocycles. The number of phenols is 1. The highest BCUT2D eigenvalue weighted by Gasteiger charge is 2.12. The van der Waals surface area contributed by atoms with E-state index in [1.54, 1.807) is 12.1 Å². The lowest BCUT2D eigenvalue weighted by Gasteiger charge is -2.21. The van der Waals surface area contributed by atoms with Crippen LogP contribution in [0.1, 0.15) is 44.1 Å². The van der Waals surface area contributed by atoms with Crippen molar-refractivity contribution in [2.24, 2.45) is 5.92 Å². The minimum Gasteiger partial charge on any atom is -0.508 e. The summed E-state index contributed by atoms with van der Waals surface area (Å²) >= 11 is 0. The van der Waals surface area contributed by atoms with Crippen LogP contribution in [0, 0.1) is 5.92 Å². The number of hydrogen-bond donors (Lipinski definition) is 1. The van der Waals surface area contributed by atoms with Gasteiger partial charge in [-0.25, -0.2) is 0 Å². The Morgan fingerprint density at radius 3 is 1.95 bits per heavy atom. The van der Waals surface area contributed by atoms with Gasteiger partial charge in [-0.2, -0.15) is 0 Å². The number of hydrogen-bond acceptors (Lipinski definition) is 1. The molecule has 0 atom stereocenters. The Balaban J connectivity index is 1.59. The Morgan fingerprint density at radius 1 is 0.762 bits per heavy atom. The third-order valence-electron chi connectivity index (χ3n) is 4.72. The molecule has 1 N–H and O–H groups in total. The predicted octanol–water partition coefficient (Wildman–Crippen LogP) is 5.57. The van der Waals surface area contributed by atoms with E-state index >= 15 is 0 Å². The molecule has 1 heteroatoms. The third-order valence-corrected chi connectivity index (χ3v) is 4.72. The second kappa shape index (κ2) is 6.80. The Labute approximate surface area is 127 Å². The maximum atomic E-state index is 9.34. The quantitative estimate of drug-likeness (QED) is 0.776. The predicted molar refractivity (Wildman–Crippen MR) is 88.4 cm³/mol. The van der Waals surface area contributed by atoms with Crippen molar-refractivity contribution >= 4 is 0 Å². The van der Waals surface area contributed by atoms with Crippen molar-refractivity contribution in [2.75, 3.05) is 0 Å². The average Bonchev–Trinajstić information content (AvgIpc) is 2.55. The highest BCUT2D eigenvalue weighted by molar-refractivity contribution is 5.64. The molecule has 21 heavy (non-hydrogen) atoms. The largest absolute Gasteiger partial charge is 0.508 e. The van der Waals surface area contributed by atoms with Crippen molar-refractivity contribution in [3.8, 4) is 16.9 Å². The van der Waals surface area contributed by atoms with Crippen LogP contribution in [0.4, 0.5) is 0 Å². The second-order valence-corrected chi connectivity index (χ2v) is 6.29. The fourth-order valence-corrected chi connectivity index (χ4v) is 3.36. The molecule has 0 aliphatic heterocycles. The zero-order valence-electron chi connectivity index (χ0n) is 12.6. The lowest BCUT2D eigenvalue weighted by Crippen LogP contribution is -2.07. The summed E-state index contributed by atoms with van der Waals surface area (Å²) in [5.41, 5.74) is 3.83. The van der Waals surface area contributed by atoms with Gasteiger partial charge >= 0.3 is 0 Å². The van der Waals surface area contributed by atoms with Gasteiger partial charge in [0.05, 0.1) is 0 Å². The Morgan fingerprint density at radius 2 is 1.33 bits per heavy atom. The molecule has 0 bridgehead atoms. The molecule has 3 rings (SSSR count). The zero-order valence-corrected chi connectivity index (χ0v) is 12.6. The van der Waals surface area contributed by atoms with Gasteiger partial charge in [0.15, 0.2) is 0 Å². The van der Waals surface area contributed by atoms with Gasteiger partial charge in [0.2, 0.25) is 0 Å². The molecule has 2 aromatic rings. The van der Waals surface area contributed by atoms with Crippen LogP contribution in [0.2, 0.25) is 0 Å². The van der Waals surface area contributed by atoms with E-state index in [9.17, 15) is 5.11 Å². The van der Waals surface area contributed by atoms with Crippen LogP contribution >= 0.6 is 0 Å². The Hall–Kier alpha value is -1.76. The fraction of sp³-hybridized carbons (Fsp3) is 0.400. The molecule has 0 aromatic heterocycles. The van der Waals surface area contributed by atoms with Crippen LogP contribution in [-0.4, -0.2) is 5.11 Å². The highest BCUT2D eigenvalue weighted by atomic mass is 16.3. The minimum absolute atomic E-state index is 0.322. The van der Waals surface area contributed by atoms with Crippen molar-refractivity contribution < 1.29 is 5.11 Å². The maximum Gasteiger partial charge on any atom is 0.115 e. The summed E-state index contributed by atoms with van der Waals surface area (Å²) in [5.74, 6) is 1.28. The molecular formula is C20H24O. The van der Waals surface area contributed by atoms with E-state index in [1.807, 2.05) is 12.1 Å². The van der Waals surface area contributed by atoms with Gasteiger partial charge in [0.1, 0.15) is 5.75 Å². The van der Waals surface area contributed by atoms with Crippen LogP contribution in [-0.2, 0) is 6.42 Å². The van der Waals surface area contributed by atoms with Crippen molar-refractivity contribution in [3.63, 3.8) is 0 Å². The molecule has 1 fully saturated rings. The molecule has 0 unspecified atom stereocenters. The summed E-state index contributed by atoms with van der Waals surface area (Å²) in [6.07, 6.45) is 9.74. The van der Waals surface area contributed by atoms with Crippen molar-refractivity contribution in [1.29, 1.82) is 0 Å². The average molecular weight is 280 g/mol. The molecule has 0 amide bonds. The number of phenolic OH excluding ortho intramolecular Hbond substituents is 1. The number of aromatic hydroxyl groups is 1. The topological polar surface area (TPSA) is 20.2 Å². The number of aryl methyl sites for hydroxylation is 1. The van der Waals surface area contributed by atoms with Crippen molar-refractivity contribution in [3.05, 3.63) is 54.1 Å². The first kappa shape index (κ1) is 14.2. The number of rotatable bonds is 4. The fourth-order valence-electron chi connectivity index (χ4n) is 3.36. The van der Waals surface area contributed by atoms with Crippen LogP contribution in [0.25, 0.3) is 11.1 Å². The van der Waals surface area contributed by atoms with Gasteiger partial charge in [0, 0.05) is 0 Å². The normalized spacial score (nSPS) is 16.0. The lowest BCUT2D eigenvalue weighted by molar-refractivity contribution is 0.339. The van der Waals surface area contributed by atoms with E-state index in [-0.39, 0.29) is 0 Å². The van der Waals surface area contributed by atoms with E-state index < -0.39 is 0 Å². The molecule has 1 nitrogen and oxygen atoms in total. The van der Waals surface area contributed by atoms with Gasteiger partial charge < -0.3 is 5.11 Å². The molecule has 0 radical (unpaired) electrons. The van der Waals surface area contributed by atoms with Crippen LogP contribution in [0.15, 0.2) is 48.5 Å². The summed E-state index contributed by atoms with van der Waals surface area (Å²) in [7, 11) is 0. The van der Waals surface area contributed by atoms with Crippen LogP contribution in [0.5, 0.6) is 5.75 Å². The first-order chi connectivity index (χ1) is 10.3. The first-order valence-corrected chi connectivity index (χ1v) is 8.19. The smallest absolute Gasteiger partial charge is 0.115 e. The summed E-state index contributed by atoms with van der Waals surface area (Å²) in [5, 5.41) is 9.34. The van der Waals surface area contributed by atoms with E-state index in [2.05, 4.69) is 24.3 Å². The molecule has 0 spiro atoms. The highest BCUT2D eigenvalue weighted by Crippen LogP contribution is 2.28. The lowest BCUT2D eigenvalue weighted by atomic mass is 9.85. The standard InChI is InChI=1S/C20H24O/c21-20-14-12-19(13-15-20)18-10-8-17(9-11-18)7-6-16-4-2-1-3-5-16/h8-16,21H,1-7H2. The Bertz CT molecular complexity index is 547. The first-order valence-electron chi connectivity index (χ1n) is 8.19. The summed E-state index contributed by atoms with van der Waals surface area (Å²) in [4.78, 5) is 0. The van der Waals surface area contributed by atoms with E-state index in [4.69, 9.17) is 0 Å². The molecule has 1 saturated carbocycles. The Kier molecular flexibility index (Phi) is 4.59. The monoisotopic (exact) mass is 280 g/mol. The SMILES string of the molecule is Oc1ccc(-c2ccc(CCC3CCCCC3)cc2)cc1. The maximum absolute atomic E-state index is 9.34. The second-order valence-electron chi connectivity index (χ2n) is 6.29. The van der Waals surface area contributed by atoms with Crippen molar-refractivity contribution in [1.82, 2.24) is 0 Å². The third kappa shape index (κ3) is 3.87. The molecule has 1 aliphatic rings. The van der Waals surface area contributed by atoms with Crippen molar-refractivity contribution in [2.45, 2.75) is 44.9 Å². The van der Waals surface area contributed by atoms with E-state index in [0.29, 0.717) is 5.75 Å². The summed E-state index contributed by atoms with van der Waals surface area (Å²) in [6, 6.07) is 16.3. The summed E-state index contributed by atoms with van der Waals surface area (Å²) in [6.45, 7) is 0. The molecular weight excluding hydrogens is 256 g/mol.